The minimum Gasteiger partial charge on any atom is -0.457 e. The van der Waals surface area contributed by atoms with Crippen molar-refractivity contribution < 1.29 is 13.6 Å². The Kier molecular flexibility index (Phi) is 3.97. The van der Waals surface area contributed by atoms with Gasteiger partial charge in [-0.1, -0.05) is 30.3 Å². The molecule has 1 aromatic heterocycles. The Bertz CT molecular complexity index is 1030. The highest BCUT2D eigenvalue weighted by Gasteiger charge is 2.28. The number of anilines is 1. The topological polar surface area (TPSA) is 45.8 Å². The van der Waals surface area contributed by atoms with Crippen LogP contribution < -0.4 is 5.01 Å². The fourth-order valence-electron chi connectivity index (χ4n) is 2.81. The number of hydrogen-bond acceptors (Lipinski definition) is 3. The number of carbonyl (C=O) groups excluding carboxylic acids is 1. The number of amides is 1. The molecule has 0 aliphatic carbocycles. The summed E-state index contributed by atoms with van der Waals surface area (Å²) in [6, 6.07) is 19.0. The maximum atomic E-state index is 13.9. The zero-order valence-electron chi connectivity index (χ0n) is 14.0. The maximum absolute atomic E-state index is 13.9. The van der Waals surface area contributed by atoms with Gasteiger partial charge in [0.2, 0.25) is 0 Å². The molecule has 0 radical (unpaired) electrons. The number of nitrogens with zero attached hydrogens (tertiary/aromatic N) is 2. The van der Waals surface area contributed by atoms with Gasteiger partial charge in [0, 0.05) is 0 Å². The third kappa shape index (κ3) is 2.84. The summed E-state index contributed by atoms with van der Waals surface area (Å²) in [4.78, 5) is 12.7. The van der Waals surface area contributed by atoms with Gasteiger partial charge in [-0.05, 0) is 49.4 Å². The first-order valence-electron chi connectivity index (χ1n) is 8.15. The van der Waals surface area contributed by atoms with Gasteiger partial charge >= 0.3 is 0 Å². The molecule has 0 atom stereocenters. The molecule has 26 heavy (non-hydrogen) atoms. The van der Waals surface area contributed by atoms with Crippen molar-refractivity contribution in [3.8, 4) is 11.3 Å². The predicted octanol–water partition coefficient (Wildman–Crippen LogP) is 4.89. The molecule has 1 amide bonds. The zero-order valence-corrected chi connectivity index (χ0v) is 14.0. The Balaban J connectivity index is 1.65. The van der Waals surface area contributed by atoms with Crippen molar-refractivity contribution in [2.45, 2.75) is 6.92 Å². The van der Waals surface area contributed by atoms with Crippen LogP contribution in [0.4, 0.5) is 10.1 Å². The van der Waals surface area contributed by atoms with Crippen LogP contribution in [0, 0.1) is 5.82 Å². The number of carbonyl (C=O) groups is 1. The number of para-hydroxylation sites is 1. The highest BCUT2D eigenvalue weighted by atomic mass is 19.1. The van der Waals surface area contributed by atoms with Crippen molar-refractivity contribution in [2.24, 2.45) is 5.10 Å². The van der Waals surface area contributed by atoms with Crippen molar-refractivity contribution >= 4 is 23.4 Å². The lowest BCUT2D eigenvalue weighted by Crippen LogP contribution is -2.21. The van der Waals surface area contributed by atoms with E-state index in [9.17, 15) is 9.18 Å². The lowest BCUT2D eigenvalue weighted by atomic mass is 10.1. The number of benzene rings is 2. The van der Waals surface area contributed by atoms with Gasteiger partial charge in [0.15, 0.2) is 0 Å². The molecule has 4 rings (SSSR count). The normalized spacial score (nSPS) is 15.6. The van der Waals surface area contributed by atoms with E-state index < -0.39 is 0 Å². The van der Waals surface area contributed by atoms with Crippen LogP contribution in [0.3, 0.4) is 0 Å². The van der Waals surface area contributed by atoms with E-state index in [1.165, 1.54) is 11.1 Å². The Morgan fingerprint density at radius 2 is 1.73 bits per heavy atom. The molecule has 1 aliphatic heterocycles. The van der Waals surface area contributed by atoms with Gasteiger partial charge < -0.3 is 4.42 Å². The molecule has 0 N–H and O–H groups in total. The van der Waals surface area contributed by atoms with E-state index in [0.717, 1.165) is 0 Å². The predicted molar refractivity (Wildman–Crippen MR) is 99.1 cm³/mol. The quantitative estimate of drug-likeness (QED) is 0.634. The molecule has 3 aromatic rings. The van der Waals surface area contributed by atoms with Crippen LogP contribution in [0.2, 0.25) is 0 Å². The Labute approximate surface area is 149 Å². The smallest absolute Gasteiger partial charge is 0.280 e. The van der Waals surface area contributed by atoms with Gasteiger partial charge in [0.05, 0.1) is 22.5 Å². The van der Waals surface area contributed by atoms with Crippen molar-refractivity contribution in [3.63, 3.8) is 0 Å². The summed E-state index contributed by atoms with van der Waals surface area (Å²) in [5.41, 5.74) is 2.13. The molecule has 0 saturated carbocycles. The molecule has 0 fully saturated rings. The molecular formula is C21H15FN2O2. The van der Waals surface area contributed by atoms with E-state index in [1.54, 1.807) is 43.3 Å². The lowest BCUT2D eigenvalue weighted by molar-refractivity contribution is -0.114. The molecule has 5 heteroatoms. The zero-order chi connectivity index (χ0) is 18.1. The number of rotatable bonds is 3. The van der Waals surface area contributed by atoms with Crippen LogP contribution in [-0.4, -0.2) is 11.6 Å². The molecule has 0 unspecified atom stereocenters. The maximum Gasteiger partial charge on any atom is 0.280 e. The third-order valence-corrected chi connectivity index (χ3v) is 4.12. The first-order chi connectivity index (χ1) is 12.6. The fraction of sp³-hybridized carbons (Fsp3) is 0.0476. The van der Waals surface area contributed by atoms with Gasteiger partial charge in [-0.2, -0.15) is 10.1 Å². The summed E-state index contributed by atoms with van der Waals surface area (Å²) in [6.45, 7) is 1.77. The summed E-state index contributed by atoms with van der Waals surface area (Å²) in [5.74, 6) is 0.300. The Hall–Kier alpha value is -3.47. The van der Waals surface area contributed by atoms with Crippen LogP contribution >= 0.6 is 0 Å². The average molecular weight is 346 g/mol. The second-order valence-electron chi connectivity index (χ2n) is 5.88. The highest BCUT2D eigenvalue weighted by molar-refractivity contribution is 6.32. The summed E-state index contributed by atoms with van der Waals surface area (Å²) in [7, 11) is 0. The summed E-state index contributed by atoms with van der Waals surface area (Å²) < 4.78 is 19.6. The SMILES string of the molecule is CC1=NN(c2ccccc2)C(=O)C1=Cc1ccc(-c2ccccc2F)o1. The second-order valence-corrected chi connectivity index (χ2v) is 5.88. The molecule has 0 saturated heterocycles. The standard InChI is InChI=1S/C21H15FN2O2/c1-14-18(21(25)24(23-14)15-7-3-2-4-8-15)13-16-11-12-20(26-16)17-9-5-6-10-19(17)22/h2-13H,1H3. The van der Waals surface area contributed by atoms with Crippen LogP contribution in [-0.2, 0) is 4.79 Å². The van der Waals surface area contributed by atoms with Crippen molar-refractivity contribution in [3.05, 3.63) is 83.9 Å². The van der Waals surface area contributed by atoms with Crippen molar-refractivity contribution in [2.75, 3.05) is 5.01 Å². The molecule has 128 valence electrons. The Morgan fingerprint density at radius 3 is 2.50 bits per heavy atom. The fourth-order valence-corrected chi connectivity index (χ4v) is 2.81. The second kappa shape index (κ2) is 6.44. The minimum absolute atomic E-state index is 0.224. The van der Waals surface area contributed by atoms with E-state index in [-0.39, 0.29) is 11.7 Å². The van der Waals surface area contributed by atoms with E-state index in [1.807, 2.05) is 30.3 Å². The van der Waals surface area contributed by atoms with Crippen molar-refractivity contribution in [1.29, 1.82) is 0 Å². The monoisotopic (exact) mass is 346 g/mol. The van der Waals surface area contributed by atoms with Crippen LogP contribution in [0.5, 0.6) is 0 Å². The van der Waals surface area contributed by atoms with E-state index in [0.29, 0.717) is 34.1 Å². The molecule has 2 aromatic carbocycles. The molecule has 0 spiro atoms. The Morgan fingerprint density at radius 1 is 1.00 bits per heavy atom. The third-order valence-electron chi connectivity index (χ3n) is 4.12. The molecule has 1 aliphatic rings. The van der Waals surface area contributed by atoms with E-state index in [2.05, 4.69) is 5.10 Å². The minimum atomic E-state index is -0.356. The van der Waals surface area contributed by atoms with E-state index >= 15 is 0 Å². The van der Waals surface area contributed by atoms with Crippen molar-refractivity contribution in [1.82, 2.24) is 0 Å². The number of hydrazone groups is 1. The average Bonchev–Trinajstić information content (AvgIpc) is 3.23. The lowest BCUT2D eigenvalue weighted by Gasteiger charge is -2.10. The van der Waals surface area contributed by atoms with Gasteiger partial charge in [0.25, 0.3) is 5.91 Å². The van der Waals surface area contributed by atoms with Gasteiger partial charge in [-0.25, -0.2) is 4.39 Å². The largest absolute Gasteiger partial charge is 0.457 e. The van der Waals surface area contributed by atoms with Gasteiger partial charge in [0.1, 0.15) is 17.3 Å². The number of furan rings is 1. The van der Waals surface area contributed by atoms with Crippen LogP contribution in [0.1, 0.15) is 12.7 Å². The highest BCUT2D eigenvalue weighted by Crippen LogP contribution is 2.28. The first kappa shape index (κ1) is 16.0. The molecule has 4 nitrogen and oxygen atoms in total. The summed E-state index contributed by atoms with van der Waals surface area (Å²) in [5, 5.41) is 5.69. The summed E-state index contributed by atoms with van der Waals surface area (Å²) in [6.07, 6.45) is 1.63. The van der Waals surface area contributed by atoms with Gasteiger partial charge in [-0.15, -0.1) is 0 Å². The molecule has 2 heterocycles. The summed E-state index contributed by atoms with van der Waals surface area (Å²) >= 11 is 0. The first-order valence-corrected chi connectivity index (χ1v) is 8.15. The number of halogens is 1. The molecular weight excluding hydrogens is 331 g/mol. The van der Waals surface area contributed by atoms with Crippen LogP contribution in [0.25, 0.3) is 17.4 Å². The van der Waals surface area contributed by atoms with E-state index in [4.69, 9.17) is 4.42 Å². The molecule has 0 bridgehead atoms. The number of hydrogen-bond donors (Lipinski definition) is 0. The van der Waals surface area contributed by atoms with Gasteiger partial charge in [-0.3, -0.25) is 4.79 Å². The van der Waals surface area contributed by atoms with Crippen LogP contribution in [0.15, 0.2) is 81.8 Å².